The molecule has 332 valence electrons. The van der Waals surface area contributed by atoms with Crippen LogP contribution in [0.3, 0.4) is 0 Å². The Balaban J connectivity index is 0. The van der Waals surface area contributed by atoms with Crippen molar-refractivity contribution in [2.75, 3.05) is 33.8 Å². The average Bonchev–Trinajstić information content (AvgIpc) is 3.09. The molecule has 8 atom stereocenters. The van der Waals surface area contributed by atoms with Gasteiger partial charge in [-0.3, -0.25) is 47.9 Å². The Bertz CT molecular complexity index is 1460. The molecule has 0 aromatic carbocycles. The number of likely N-dealkylation sites (N-methyl/N-ethyl adjacent to an activating group) is 2. The third-order valence-corrected chi connectivity index (χ3v) is 9.07. The first-order valence-electron chi connectivity index (χ1n) is 18.8. The monoisotopic (exact) mass is 831 g/mol. The van der Waals surface area contributed by atoms with Crippen molar-refractivity contribution in [3.8, 4) is 0 Å². The fraction of sp³-hybridized carbons (Fsp3) is 0.737. The molecule has 0 saturated heterocycles. The number of aliphatic carboxylic acids is 2. The number of carboxylic acid groups (broad SMARTS) is 2. The van der Waals surface area contributed by atoms with Crippen molar-refractivity contribution < 1.29 is 73.1 Å². The molecule has 2 unspecified atom stereocenters. The van der Waals surface area contributed by atoms with Crippen LogP contribution in [0, 0.1) is 29.6 Å². The predicted octanol–water partition coefficient (Wildman–Crippen LogP) is -0.939. The van der Waals surface area contributed by atoms with Crippen LogP contribution < -0.4 is 17.2 Å². The van der Waals surface area contributed by atoms with Crippen molar-refractivity contribution in [3.05, 3.63) is 0 Å². The highest BCUT2D eigenvalue weighted by molar-refractivity contribution is 5.95. The number of amides is 4. The van der Waals surface area contributed by atoms with Crippen molar-refractivity contribution in [2.24, 2.45) is 46.8 Å². The molecule has 0 rings (SSSR count). The maximum absolute atomic E-state index is 12.8. The van der Waals surface area contributed by atoms with Gasteiger partial charge in [0.05, 0.1) is 67.2 Å². The smallest absolute Gasteiger partial charge is 0.309 e. The Morgan fingerprint density at radius 1 is 0.655 bits per heavy atom. The molecule has 0 aromatic heterocycles. The number of nitrogens with two attached hydrogens (primary N) is 3. The van der Waals surface area contributed by atoms with Crippen LogP contribution in [-0.4, -0.2) is 147 Å². The van der Waals surface area contributed by atoms with Crippen LogP contribution >= 0.6 is 0 Å². The van der Waals surface area contributed by atoms with Crippen LogP contribution in [0.25, 0.3) is 0 Å². The summed E-state index contributed by atoms with van der Waals surface area (Å²) in [5, 5.41) is 36.8. The summed E-state index contributed by atoms with van der Waals surface area (Å²) in [6, 6.07) is -1.17. The van der Waals surface area contributed by atoms with E-state index in [0.29, 0.717) is 6.42 Å². The molecule has 0 aliphatic heterocycles. The predicted molar refractivity (Wildman–Crippen MR) is 207 cm³/mol. The Morgan fingerprint density at radius 2 is 1.03 bits per heavy atom. The van der Waals surface area contributed by atoms with Gasteiger partial charge in [-0.1, -0.05) is 13.8 Å². The van der Waals surface area contributed by atoms with Crippen LogP contribution in [0.15, 0.2) is 0 Å². The highest BCUT2D eigenvalue weighted by Gasteiger charge is 2.35. The number of aliphatic hydroxyl groups is 2. The Kier molecular flexibility index (Phi) is 25.2. The third kappa shape index (κ3) is 22.3. The average molecular weight is 832 g/mol. The largest absolute Gasteiger partial charge is 0.481 e. The van der Waals surface area contributed by atoms with E-state index in [9.17, 15) is 58.2 Å². The van der Waals surface area contributed by atoms with Gasteiger partial charge >= 0.3 is 11.9 Å². The van der Waals surface area contributed by atoms with E-state index in [-0.39, 0.29) is 37.5 Å². The number of Topliss-reactive ketones (excluding diaryl/α,β-unsaturated/α-hetero) is 4. The van der Waals surface area contributed by atoms with Crippen molar-refractivity contribution in [3.63, 3.8) is 0 Å². The molecule has 0 spiro atoms. The molecule has 0 fully saturated rings. The second kappa shape index (κ2) is 26.4. The SMILES string of the molecule is CC(O)[C@H](CC(=O)C[C@@H](CC(N)=O)C(=O)N(C)CC(=O)[C@@H](N)CO)C(=O)O.CC[C@H](C)C(=O)CN(C)C(=O)[C@H](CC(N)=O)CC(=O)C[C@H](C(=O)O)C(C)OC(C)(C)C. The number of hydrogen-bond acceptors (Lipinski definition) is 14. The first-order chi connectivity index (χ1) is 26.5. The fourth-order valence-corrected chi connectivity index (χ4v) is 5.59. The van der Waals surface area contributed by atoms with Gasteiger partial charge in [-0.05, 0) is 41.0 Å². The lowest BCUT2D eigenvalue weighted by molar-refractivity contribution is -0.155. The topological polar surface area (TPSA) is 345 Å². The molecule has 0 bridgehead atoms. The summed E-state index contributed by atoms with van der Waals surface area (Å²) in [5.74, 6) is -12.2. The summed E-state index contributed by atoms with van der Waals surface area (Å²) in [4.78, 5) is 121. The van der Waals surface area contributed by atoms with Crippen molar-refractivity contribution >= 4 is 58.7 Å². The van der Waals surface area contributed by atoms with E-state index in [4.69, 9.17) is 32.2 Å². The van der Waals surface area contributed by atoms with Crippen LogP contribution in [-0.2, 0) is 52.7 Å². The zero-order valence-corrected chi connectivity index (χ0v) is 35.1. The standard InChI is InChI=1S/C22H38N2O7.C16H27N3O8/c1-8-13(2)18(26)12-24(7)20(28)15(10-19(23)27)9-16(25)11-17(21(29)30)14(3)31-22(4,5)6;1-8(21)11(16(26)27)5-10(22)3-9(4-14(18)24)15(25)19(2)6-13(23)12(17)7-20/h13-15,17H,8-12H2,1-7H3,(H2,23,27)(H,29,30);8-9,11-12,20-21H,3-7,17H2,1-2H3,(H2,18,24)(H,26,27)/t13-,14?,15-,17-;8?,9-,11-,12-/m00/s1. The summed E-state index contributed by atoms with van der Waals surface area (Å²) >= 11 is 0. The summed E-state index contributed by atoms with van der Waals surface area (Å²) in [7, 11) is 2.69. The van der Waals surface area contributed by atoms with Gasteiger partial charge in [-0.2, -0.15) is 0 Å². The molecular weight excluding hydrogens is 766 g/mol. The Morgan fingerprint density at radius 3 is 1.34 bits per heavy atom. The van der Waals surface area contributed by atoms with Crippen molar-refractivity contribution in [2.45, 2.75) is 117 Å². The maximum atomic E-state index is 12.8. The summed E-state index contributed by atoms with van der Waals surface area (Å²) in [6.45, 7) is 10.6. The van der Waals surface area contributed by atoms with Gasteiger partial charge in [0.15, 0.2) is 11.6 Å². The number of nitrogens with zero attached hydrogens (tertiary/aromatic N) is 2. The highest BCUT2D eigenvalue weighted by Crippen LogP contribution is 2.23. The van der Waals surface area contributed by atoms with E-state index < -0.39 is 133 Å². The van der Waals surface area contributed by atoms with Crippen LogP contribution in [0.2, 0.25) is 0 Å². The molecule has 10 N–H and O–H groups in total. The number of carbonyl (C=O) groups is 10. The van der Waals surface area contributed by atoms with Crippen LogP contribution in [0.4, 0.5) is 0 Å². The number of rotatable bonds is 27. The minimum atomic E-state index is -1.36. The molecule has 0 heterocycles. The zero-order valence-electron chi connectivity index (χ0n) is 35.1. The number of primary amides is 2. The molecule has 20 heteroatoms. The van der Waals surface area contributed by atoms with E-state index in [1.807, 2.05) is 6.92 Å². The number of ketones is 4. The molecule has 0 aliphatic carbocycles. The number of carboxylic acids is 2. The maximum Gasteiger partial charge on any atom is 0.309 e. The summed E-state index contributed by atoms with van der Waals surface area (Å²) in [6.07, 6.45) is -3.88. The van der Waals surface area contributed by atoms with Gasteiger partial charge in [0.1, 0.15) is 11.6 Å². The number of ether oxygens (including phenoxy) is 1. The van der Waals surface area contributed by atoms with Gasteiger partial charge < -0.3 is 52.2 Å². The van der Waals surface area contributed by atoms with Gasteiger partial charge in [0, 0.05) is 58.5 Å². The molecule has 20 nitrogen and oxygen atoms in total. The van der Waals surface area contributed by atoms with E-state index >= 15 is 0 Å². The Hall–Kier alpha value is -4.66. The molecule has 0 saturated carbocycles. The van der Waals surface area contributed by atoms with Crippen LogP contribution in [0.1, 0.15) is 93.4 Å². The van der Waals surface area contributed by atoms with E-state index in [1.54, 1.807) is 34.6 Å². The van der Waals surface area contributed by atoms with Crippen molar-refractivity contribution in [1.82, 2.24) is 9.80 Å². The number of carbonyl (C=O) groups excluding carboxylic acids is 8. The second-order valence-corrected chi connectivity index (χ2v) is 15.6. The summed E-state index contributed by atoms with van der Waals surface area (Å²) in [5.41, 5.74) is 15.1. The van der Waals surface area contributed by atoms with Gasteiger partial charge in [-0.15, -0.1) is 0 Å². The molecule has 4 amide bonds. The quantitative estimate of drug-likeness (QED) is 0.0525. The minimum Gasteiger partial charge on any atom is -0.481 e. The number of hydrogen-bond donors (Lipinski definition) is 7. The van der Waals surface area contributed by atoms with Gasteiger partial charge in [-0.25, -0.2) is 0 Å². The van der Waals surface area contributed by atoms with E-state index in [1.165, 1.54) is 25.9 Å². The fourth-order valence-electron chi connectivity index (χ4n) is 5.59. The third-order valence-electron chi connectivity index (χ3n) is 9.07. The first-order valence-corrected chi connectivity index (χ1v) is 18.8. The molecule has 0 radical (unpaired) electrons. The minimum absolute atomic E-state index is 0.124. The van der Waals surface area contributed by atoms with E-state index in [0.717, 1.165) is 4.90 Å². The lowest BCUT2D eigenvalue weighted by Crippen LogP contribution is -2.45. The van der Waals surface area contributed by atoms with Crippen LogP contribution in [0.5, 0.6) is 0 Å². The molecule has 0 aromatic rings. The molecular formula is C38H65N5O15. The van der Waals surface area contributed by atoms with Crippen molar-refractivity contribution in [1.29, 1.82) is 0 Å². The summed E-state index contributed by atoms with van der Waals surface area (Å²) < 4.78 is 5.67. The number of aliphatic hydroxyl groups excluding tert-OH is 2. The van der Waals surface area contributed by atoms with Gasteiger partial charge in [0.25, 0.3) is 0 Å². The van der Waals surface area contributed by atoms with Gasteiger partial charge in [0.2, 0.25) is 23.6 Å². The second-order valence-electron chi connectivity index (χ2n) is 15.6. The normalized spacial score (nSPS) is 15.4. The van der Waals surface area contributed by atoms with E-state index in [2.05, 4.69) is 0 Å². The lowest BCUT2D eigenvalue weighted by atomic mass is 9.90. The molecule has 0 aliphatic rings. The zero-order chi connectivity index (χ0) is 45.8. The molecule has 58 heavy (non-hydrogen) atoms. The first kappa shape index (κ1) is 55.4. The highest BCUT2D eigenvalue weighted by atomic mass is 16.5. The lowest BCUT2D eigenvalue weighted by Gasteiger charge is -2.29. The Labute approximate surface area is 339 Å².